The fourth-order valence-electron chi connectivity index (χ4n) is 2.08. The Bertz CT molecular complexity index is 570. The van der Waals surface area contributed by atoms with Crippen molar-refractivity contribution in [2.75, 3.05) is 6.54 Å². The molecule has 0 spiro atoms. The summed E-state index contributed by atoms with van der Waals surface area (Å²) in [6, 6.07) is 4.83. The molecule has 1 aromatic carbocycles. The Morgan fingerprint density at radius 3 is 2.79 bits per heavy atom. The van der Waals surface area contributed by atoms with Crippen LogP contribution in [0.2, 0.25) is 0 Å². The van der Waals surface area contributed by atoms with Gasteiger partial charge >= 0.3 is 0 Å². The third-order valence-electron chi connectivity index (χ3n) is 2.88. The van der Waals surface area contributed by atoms with Crippen LogP contribution in [0.4, 0.5) is 4.39 Å². The number of nitrogens with zero attached hydrogens (tertiary/aromatic N) is 2. The van der Waals surface area contributed by atoms with E-state index in [1.807, 2.05) is 0 Å². The van der Waals surface area contributed by atoms with Crippen LogP contribution in [-0.4, -0.2) is 18.5 Å². The summed E-state index contributed by atoms with van der Waals surface area (Å²) < 4.78 is 13.1. The SMILES string of the molecule is NC(N)=NC(N)=NCCC1=CCc2cc(F)ccc21. The van der Waals surface area contributed by atoms with Crippen molar-refractivity contribution in [3.05, 3.63) is 41.2 Å². The fraction of sp³-hybridized carbons (Fsp3) is 0.231. The highest BCUT2D eigenvalue weighted by Gasteiger charge is 2.13. The van der Waals surface area contributed by atoms with E-state index in [0.29, 0.717) is 6.54 Å². The number of halogens is 1. The maximum Gasteiger partial charge on any atom is 0.218 e. The average molecular weight is 261 g/mol. The highest BCUT2D eigenvalue weighted by molar-refractivity contribution is 5.92. The van der Waals surface area contributed by atoms with Crippen molar-refractivity contribution >= 4 is 17.5 Å². The van der Waals surface area contributed by atoms with E-state index in [0.717, 1.165) is 29.5 Å². The molecule has 5 nitrogen and oxygen atoms in total. The van der Waals surface area contributed by atoms with Gasteiger partial charge in [0.2, 0.25) is 5.96 Å². The lowest BCUT2D eigenvalue weighted by molar-refractivity contribution is 0.626. The number of guanidine groups is 2. The van der Waals surface area contributed by atoms with Gasteiger partial charge in [0.25, 0.3) is 0 Å². The molecule has 0 atom stereocenters. The zero-order valence-electron chi connectivity index (χ0n) is 10.4. The van der Waals surface area contributed by atoms with Crippen LogP contribution in [0.5, 0.6) is 0 Å². The Kier molecular flexibility index (Phi) is 3.79. The van der Waals surface area contributed by atoms with E-state index in [1.165, 1.54) is 6.07 Å². The van der Waals surface area contributed by atoms with E-state index in [-0.39, 0.29) is 17.7 Å². The molecule has 2 rings (SSSR count). The van der Waals surface area contributed by atoms with Crippen LogP contribution in [0, 0.1) is 5.82 Å². The normalized spacial score (nSPS) is 13.9. The molecule has 0 heterocycles. The first kappa shape index (κ1) is 13.1. The second kappa shape index (κ2) is 5.51. The first-order valence-corrected chi connectivity index (χ1v) is 5.93. The Balaban J connectivity index is 1.99. The van der Waals surface area contributed by atoms with Gasteiger partial charge in [0, 0.05) is 6.54 Å². The monoisotopic (exact) mass is 261 g/mol. The number of fused-ring (bicyclic) bond motifs is 1. The van der Waals surface area contributed by atoms with Gasteiger partial charge in [-0.15, -0.1) is 0 Å². The highest BCUT2D eigenvalue weighted by atomic mass is 19.1. The van der Waals surface area contributed by atoms with Crippen LogP contribution in [0.15, 0.2) is 34.3 Å². The molecule has 19 heavy (non-hydrogen) atoms. The van der Waals surface area contributed by atoms with Gasteiger partial charge in [-0.2, -0.15) is 4.99 Å². The first-order valence-electron chi connectivity index (χ1n) is 5.93. The standard InChI is InChI=1S/C13H16FN5/c14-10-3-4-11-8(1-2-9(11)7-10)5-6-18-13(17)19-12(15)16/h1,3-4,7H,2,5-6H2,(H6,15,16,17,18,19). The van der Waals surface area contributed by atoms with Crippen molar-refractivity contribution in [3.8, 4) is 0 Å². The van der Waals surface area contributed by atoms with E-state index >= 15 is 0 Å². The Morgan fingerprint density at radius 2 is 2.05 bits per heavy atom. The predicted octanol–water partition coefficient (Wildman–Crippen LogP) is 0.743. The molecule has 0 bridgehead atoms. The van der Waals surface area contributed by atoms with Crippen molar-refractivity contribution < 1.29 is 4.39 Å². The molecule has 0 fully saturated rings. The van der Waals surface area contributed by atoms with Crippen LogP contribution < -0.4 is 17.2 Å². The summed E-state index contributed by atoms with van der Waals surface area (Å²) in [6.07, 6.45) is 3.56. The van der Waals surface area contributed by atoms with Crippen molar-refractivity contribution in [1.29, 1.82) is 0 Å². The molecule has 1 aliphatic rings. The fourth-order valence-corrected chi connectivity index (χ4v) is 2.08. The molecule has 6 heteroatoms. The molecule has 0 radical (unpaired) electrons. The molecule has 1 aromatic rings. The van der Waals surface area contributed by atoms with Gasteiger partial charge in [-0.3, -0.25) is 4.99 Å². The number of allylic oxidation sites excluding steroid dienone is 1. The summed E-state index contributed by atoms with van der Waals surface area (Å²) in [7, 11) is 0. The molecule has 0 aromatic heterocycles. The van der Waals surface area contributed by atoms with Crippen LogP contribution in [0.25, 0.3) is 5.57 Å². The molecular formula is C13H16FN5. The highest BCUT2D eigenvalue weighted by Crippen LogP contribution is 2.30. The lowest BCUT2D eigenvalue weighted by Crippen LogP contribution is -2.26. The van der Waals surface area contributed by atoms with Crippen LogP contribution >= 0.6 is 0 Å². The van der Waals surface area contributed by atoms with Crippen molar-refractivity contribution in [1.82, 2.24) is 0 Å². The third-order valence-corrected chi connectivity index (χ3v) is 2.88. The molecule has 0 saturated carbocycles. The Labute approximate surface area is 110 Å². The molecule has 0 saturated heterocycles. The molecule has 1 aliphatic carbocycles. The van der Waals surface area contributed by atoms with Gasteiger partial charge in [-0.05, 0) is 41.7 Å². The molecule has 100 valence electrons. The largest absolute Gasteiger partial charge is 0.370 e. The van der Waals surface area contributed by atoms with Crippen LogP contribution in [0.3, 0.4) is 0 Å². The van der Waals surface area contributed by atoms with Gasteiger partial charge in [0.1, 0.15) is 5.82 Å². The number of aliphatic imine (C=N–C) groups is 2. The van der Waals surface area contributed by atoms with Gasteiger partial charge in [0.05, 0.1) is 0 Å². The number of rotatable bonds is 3. The molecular weight excluding hydrogens is 245 g/mol. The summed E-state index contributed by atoms with van der Waals surface area (Å²) in [4.78, 5) is 7.68. The van der Waals surface area contributed by atoms with Crippen LogP contribution in [0.1, 0.15) is 17.5 Å². The van der Waals surface area contributed by atoms with Crippen molar-refractivity contribution in [3.63, 3.8) is 0 Å². The maximum absolute atomic E-state index is 13.1. The second-order valence-electron chi connectivity index (χ2n) is 4.26. The minimum atomic E-state index is -0.205. The van der Waals surface area contributed by atoms with Gasteiger partial charge in [-0.1, -0.05) is 12.1 Å². The van der Waals surface area contributed by atoms with Crippen LogP contribution in [-0.2, 0) is 6.42 Å². The number of benzene rings is 1. The van der Waals surface area contributed by atoms with Gasteiger partial charge < -0.3 is 17.2 Å². The number of hydrogen-bond donors (Lipinski definition) is 3. The van der Waals surface area contributed by atoms with Gasteiger partial charge in [-0.25, -0.2) is 4.39 Å². The second-order valence-corrected chi connectivity index (χ2v) is 4.26. The van der Waals surface area contributed by atoms with E-state index in [2.05, 4.69) is 16.1 Å². The Morgan fingerprint density at radius 1 is 1.26 bits per heavy atom. The zero-order chi connectivity index (χ0) is 13.8. The Hall–Kier alpha value is -2.37. The minimum Gasteiger partial charge on any atom is -0.370 e. The number of nitrogens with two attached hydrogens (primary N) is 3. The molecule has 6 N–H and O–H groups in total. The van der Waals surface area contributed by atoms with E-state index < -0.39 is 0 Å². The van der Waals surface area contributed by atoms with E-state index in [9.17, 15) is 4.39 Å². The molecule has 0 aliphatic heterocycles. The van der Waals surface area contributed by atoms with Gasteiger partial charge in [0.15, 0.2) is 5.96 Å². The molecule has 0 unspecified atom stereocenters. The zero-order valence-corrected chi connectivity index (χ0v) is 10.4. The minimum absolute atomic E-state index is 0.0675. The van der Waals surface area contributed by atoms with Crippen molar-refractivity contribution in [2.45, 2.75) is 12.8 Å². The summed E-state index contributed by atoms with van der Waals surface area (Å²) in [5, 5.41) is 0. The smallest absolute Gasteiger partial charge is 0.218 e. The maximum atomic E-state index is 13.1. The summed E-state index contributed by atoms with van der Waals surface area (Å²) >= 11 is 0. The quantitative estimate of drug-likeness (QED) is 0.552. The van der Waals surface area contributed by atoms with E-state index in [4.69, 9.17) is 17.2 Å². The first-order chi connectivity index (χ1) is 9.06. The van der Waals surface area contributed by atoms with Crippen molar-refractivity contribution in [2.24, 2.45) is 27.2 Å². The topological polar surface area (TPSA) is 103 Å². The number of hydrogen-bond acceptors (Lipinski definition) is 1. The summed E-state index contributed by atoms with van der Waals surface area (Å²) in [5.41, 5.74) is 19.1. The predicted molar refractivity (Wildman–Crippen MR) is 75.0 cm³/mol. The summed E-state index contributed by atoms with van der Waals surface area (Å²) in [6.45, 7) is 0.491. The van der Waals surface area contributed by atoms with E-state index in [1.54, 1.807) is 12.1 Å². The lowest BCUT2D eigenvalue weighted by atomic mass is 10.0. The molecule has 0 amide bonds. The summed E-state index contributed by atoms with van der Waals surface area (Å²) in [5.74, 6) is -0.247. The third kappa shape index (κ3) is 3.31. The lowest BCUT2D eigenvalue weighted by Gasteiger charge is -2.04. The average Bonchev–Trinajstić information content (AvgIpc) is 2.70.